The lowest BCUT2D eigenvalue weighted by Gasteiger charge is -2.29. The number of hydrogen-bond donors (Lipinski definition) is 1. The fraction of sp³-hybridized carbons (Fsp3) is 0.227. The third kappa shape index (κ3) is 4.46. The number of allylic oxidation sites excluding steroid dienone is 1. The van der Waals surface area contributed by atoms with Crippen LogP contribution in [-0.4, -0.2) is 16.9 Å². The Morgan fingerprint density at radius 1 is 1.07 bits per heavy atom. The van der Waals surface area contributed by atoms with Crippen LogP contribution in [0.1, 0.15) is 26.7 Å². The summed E-state index contributed by atoms with van der Waals surface area (Å²) in [5.74, 6) is 0.904. The van der Waals surface area contributed by atoms with Gasteiger partial charge in [0.15, 0.2) is 5.11 Å². The number of carbonyl (C=O) groups is 2. The zero-order chi connectivity index (χ0) is 20.1. The van der Waals surface area contributed by atoms with Crippen molar-refractivity contribution in [2.24, 2.45) is 5.92 Å². The minimum atomic E-state index is -0.446. The molecule has 1 fully saturated rings. The summed E-state index contributed by atoms with van der Waals surface area (Å²) in [6.07, 6.45) is 3.34. The molecular formula is C22H22N2O3S. The Bertz CT molecular complexity index is 907. The summed E-state index contributed by atoms with van der Waals surface area (Å²) >= 11 is 5.23. The Balaban J connectivity index is 1.80. The van der Waals surface area contributed by atoms with Gasteiger partial charge in [0.2, 0.25) is 0 Å². The van der Waals surface area contributed by atoms with Crippen LogP contribution in [0.4, 0.5) is 5.69 Å². The van der Waals surface area contributed by atoms with Crippen molar-refractivity contribution in [1.82, 2.24) is 5.32 Å². The smallest absolute Gasteiger partial charge is 0.269 e. The van der Waals surface area contributed by atoms with E-state index in [-0.39, 0.29) is 10.7 Å². The van der Waals surface area contributed by atoms with E-state index in [0.717, 1.165) is 12.2 Å². The van der Waals surface area contributed by atoms with Crippen molar-refractivity contribution in [1.29, 1.82) is 0 Å². The molecule has 1 heterocycles. The number of benzene rings is 2. The van der Waals surface area contributed by atoms with Crippen molar-refractivity contribution in [3.8, 4) is 11.5 Å². The van der Waals surface area contributed by atoms with Crippen LogP contribution in [-0.2, 0) is 9.59 Å². The number of hydrogen-bond acceptors (Lipinski definition) is 4. The molecular weight excluding hydrogens is 372 g/mol. The van der Waals surface area contributed by atoms with Crippen LogP contribution in [0.25, 0.3) is 0 Å². The zero-order valence-electron chi connectivity index (χ0n) is 15.8. The molecule has 2 aromatic rings. The van der Waals surface area contributed by atoms with Crippen molar-refractivity contribution >= 4 is 34.8 Å². The quantitative estimate of drug-likeness (QED) is 0.442. The van der Waals surface area contributed by atoms with Gasteiger partial charge >= 0.3 is 0 Å². The molecule has 1 N–H and O–H groups in total. The van der Waals surface area contributed by atoms with Gasteiger partial charge in [-0.3, -0.25) is 19.8 Å². The number of nitrogens with zero attached hydrogens (tertiary/aromatic N) is 1. The highest BCUT2D eigenvalue weighted by Gasteiger charge is 2.34. The Morgan fingerprint density at radius 3 is 2.36 bits per heavy atom. The largest absolute Gasteiger partial charge is 0.457 e. The maximum Gasteiger partial charge on any atom is 0.269 e. The minimum Gasteiger partial charge on any atom is -0.457 e. The Kier molecular flexibility index (Phi) is 6.21. The van der Waals surface area contributed by atoms with Crippen LogP contribution in [0.5, 0.6) is 11.5 Å². The van der Waals surface area contributed by atoms with Gasteiger partial charge in [-0.15, -0.1) is 0 Å². The molecule has 6 heteroatoms. The number of thiocarbonyl (C=S) groups is 1. The molecule has 0 spiro atoms. The molecule has 0 saturated carbocycles. The van der Waals surface area contributed by atoms with E-state index < -0.39 is 11.8 Å². The average Bonchev–Trinajstić information content (AvgIpc) is 2.69. The van der Waals surface area contributed by atoms with E-state index in [1.165, 1.54) is 4.90 Å². The molecule has 0 aliphatic carbocycles. The van der Waals surface area contributed by atoms with E-state index in [0.29, 0.717) is 23.8 Å². The second-order valence-corrected chi connectivity index (χ2v) is 7.06. The van der Waals surface area contributed by atoms with Gasteiger partial charge in [-0.2, -0.15) is 0 Å². The summed E-state index contributed by atoms with van der Waals surface area (Å²) < 4.78 is 5.77. The first-order valence-corrected chi connectivity index (χ1v) is 9.63. The highest BCUT2D eigenvalue weighted by atomic mass is 32.1. The lowest BCUT2D eigenvalue weighted by molar-refractivity contribution is -0.122. The normalized spacial score (nSPS) is 16.9. The van der Waals surface area contributed by atoms with Crippen LogP contribution in [0.15, 0.2) is 66.2 Å². The predicted molar refractivity (Wildman–Crippen MR) is 113 cm³/mol. The first kappa shape index (κ1) is 19.8. The van der Waals surface area contributed by atoms with E-state index >= 15 is 0 Å². The molecule has 2 aromatic carbocycles. The van der Waals surface area contributed by atoms with Gasteiger partial charge in [0.1, 0.15) is 17.1 Å². The zero-order valence-corrected chi connectivity index (χ0v) is 16.7. The molecule has 3 rings (SSSR count). The maximum atomic E-state index is 12.9. The fourth-order valence-corrected chi connectivity index (χ4v) is 3.00. The average molecular weight is 394 g/mol. The van der Waals surface area contributed by atoms with Gasteiger partial charge in [0.25, 0.3) is 11.8 Å². The summed E-state index contributed by atoms with van der Waals surface area (Å²) in [6.45, 7) is 4.16. The van der Waals surface area contributed by atoms with Crippen LogP contribution >= 0.6 is 12.2 Å². The van der Waals surface area contributed by atoms with Crippen LogP contribution in [0.3, 0.4) is 0 Å². The molecule has 28 heavy (non-hydrogen) atoms. The molecule has 1 atom stereocenters. The third-order valence-corrected chi connectivity index (χ3v) is 4.88. The van der Waals surface area contributed by atoms with Gasteiger partial charge in [-0.25, -0.2) is 0 Å². The topological polar surface area (TPSA) is 58.6 Å². The lowest BCUT2D eigenvalue weighted by Crippen LogP contribution is -2.54. The van der Waals surface area contributed by atoms with E-state index in [4.69, 9.17) is 17.0 Å². The number of carbonyl (C=O) groups excluding carboxylic acids is 2. The van der Waals surface area contributed by atoms with Crippen LogP contribution < -0.4 is 15.0 Å². The third-order valence-electron chi connectivity index (χ3n) is 4.60. The number of rotatable bonds is 6. The first-order chi connectivity index (χ1) is 13.5. The van der Waals surface area contributed by atoms with E-state index in [1.807, 2.05) is 30.3 Å². The number of ether oxygens (including phenoxy) is 1. The molecule has 144 valence electrons. The summed E-state index contributed by atoms with van der Waals surface area (Å²) in [6, 6.07) is 16.4. The molecule has 0 radical (unpaired) electrons. The lowest BCUT2D eigenvalue weighted by atomic mass is 10.0. The Hall–Kier alpha value is -2.99. The standard InChI is InChI=1S/C22H22N2O3S/c1-3-15(2)9-14-19-20(25)23-22(28)24(21(19)26)16-10-12-18(13-11-16)27-17-7-5-4-6-8-17/h4-8,10-15H,3,9H2,1-2H3,(H,23,25,28)/b19-14+. The van der Waals surface area contributed by atoms with Gasteiger partial charge < -0.3 is 4.74 Å². The summed E-state index contributed by atoms with van der Waals surface area (Å²) in [7, 11) is 0. The molecule has 0 aromatic heterocycles. The van der Waals surface area contributed by atoms with E-state index in [9.17, 15) is 9.59 Å². The van der Waals surface area contributed by atoms with Crippen molar-refractivity contribution in [3.63, 3.8) is 0 Å². The van der Waals surface area contributed by atoms with Gasteiger partial charge in [-0.05, 0) is 61.0 Å². The molecule has 1 aliphatic rings. The van der Waals surface area contributed by atoms with E-state index in [2.05, 4.69) is 19.2 Å². The number of para-hydroxylation sites is 1. The van der Waals surface area contributed by atoms with Crippen molar-refractivity contribution in [2.45, 2.75) is 26.7 Å². The predicted octanol–water partition coefficient (Wildman–Crippen LogP) is 4.59. The second kappa shape index (κ2) is 8.80. The molecule has 1 aliphatic heterocycles. The Labute approximate surface area is 170 Å². The van der Waals surface area contributed by atoms with Crippen molar-refractivity contribution in [2.75, 3.05) is 4.90 Å². The maximum absolute atomic E-state index is 12.9. The highest BCUT2D eigenvalue weighted by molar-refractivity contribution is 7.80. The molecule has 2 amide bonds. The van der Waals surface area contributed by atoms with Crippen LogP contribution in [0.2, 0.25) is 0 Å². The van der Waals surface area contributed by atoms with Crippen molar-refractivity contribution < 1.29 is 14.3 Å². The second-order valence-electron chi connectivity index (χ2n) is 6.68. The fourth-order valence-electron chi connectivity index (χ4n) is 2.72. The minimum absolute atomic E-state index is 0.0763. The number of anilines is 1. The van der Waals surface area contributed by atoms with Crippen LogP contribution in [0, 0.1) is 5.92 Å². The SMILES string of the molecule is CCC(C)C/C=C1\C(=O)NC(=S)N(c2ccc(Oc3ccccc3)cc2)C1=O. The van der Waals surface area contributed by atoms with E-state index in [1.54, 1.807) is 30.3 Å². The molecule has 1 saturated heterocycles. The molecule has 1 unspecified atom stereocenters. The monoisotopic (exact) mass is 394 g/mol. The van der Waals surface area contributed by atoms with Crippen molar-refractivity contribution in [3.05, 3.63) is 66.2 Å². The summed E-state index contributed by atoms with van der Waals surface area (Å²) in [4.78, 5) is 26.5. The Morgan fingerprint density at radius 2 is 1.71 bits per heavy atom. The first-order valence-electron chi connectivity index (χ1n) is 9.22. The summed E-state index contributed by atoms with van der Waals surface area (Å²) in [5, 5.41) is 2.68. The van der Waals surface area contributed by atoms with Gasteiger partial charge in [0, 0.05) is 0 Å². The number of amides is 2. The summed E-state index contributed by atoms with van der Waals surface area (Å²) in [5.41, 5.74) is 0.698. The number of nitrogens with one attached hydrogen (secondary N) is 1. The highest BCUT2D eigenvalue weighted by Crippen LogP contribution is 2.26. The molecule has 0 bridgehead atoms. The molecule has 5 nitrogen and oxygen atoms in total. The van der Waals surface area contributed by atoms with Gasteiger partial charge in [-0.1, -0.05) is 44.5 Å². The van der Waals surface area contributed by atoms with Gasteiger partial charge in [0.05, 0.1) is 5.69 Å².